The molecule has 2 N–H and O–H groups in total. The summed E-state index contributed by atoms with van der Waals surface area (Å²) in [7, 11) is -2.05. The molecule has 1 aliphatic heterocycles. The lowest BCUT2D eigenvalue weighted by molar-refractivity contribution is 0.121. The predicted molar refractivity (Wildman–Crippen MR) is 109 cm³/mol. The lowest BCUT2D eigenvalue weighted by Crippen LogP contribution is -2.22. The zero-order valence-corrected chi connectivity index (χ0v) is 16.6. The summed E-state index contributed by atoms with van der Waals surface area (Å²) < 4.78 is 33.6. The van der Waals surface area contributed by atoms with E-state index in [-0.39, 0.29) is 11.0 Å². The van der Waals surface area contributed by atoms with Crippen LogP contribution in [0.2, 0.25) is 0 Å². The van der Waals surface area contributed by atoms with Crippen LogP contribution >= 0.6 is 0 Å². The smallest absolute Gasteiger partial charge is 0.268 e. The van der Waals surface area contributed by atoms with Crippen molar-refractivity contribution in [2.75, 3.05) is 31.6 Å². The second kappa shape index (κ2) is 7.54. The van der Waals surface area contributed by atoms with Gasteiger partial charge in [0.25, 0.3) is 10.0 Å². The third-order valence-electron chi connectivity index (χ3n) is 5.23. The van der Waals surface area contributed by atoms with Crippen LogP contribution < -0.4 is 10.6 Å². The van der Waals surface area contributed by atoms with Crippen LogP contribution in [0.1, 0.15) is 12.0 Å². The lowest BCUT2D eigenvalue weighted by Gasteiger charge is -2.19. The van der Waals surface area contributed by atoms with E-state index in [9.17, 15) is 8.42 Å². The van der Waals surface area contributed by atoms with Crippen LogP contribution in [0.15, 0.2) is 53.7 Å². The molecular formula is C20H24N4O3S. The van der Waals surface area contributed by atoms with Gasteiger partial charge in [0.15, 0.2) is 0 Å². The van der Waals surface area contributed by atoms with Crippen molar-refractivity contribution in [1.29, 1.82) is 0 Å². The molecule has 0 bridgehead atoms. The molecule has 1 atom stereocenters. The Morgan fingerprint density at radius 1 is 1.29 bits per heavy atom. The largest absolute Gasteiger partial charge is 0.380 e. The first-order chi connectivity index (χ1) is 13.5. The summed E-state index contributed by atoms with van der Waals surface area (Å²) in [6.45, 7) is 2.04. The summed E-state index contributed by atoms with van der Waals surface area (Å²) in [4.78, 5) is 6.77. The molecular weight excluding hydrogens is 376 g/mol. The third-order valence-corrected chi connectivity index (χ3v) is 6.90. The van der Waals surface area contributed by atoms with E-state index in [1.54, 1.807) is 49.8 Å². The van der Waals surface area contributed by atoms with Crippen molar-refractivity contribution in [3.05, 3.63) is 54.4 Å². The Kier molecular flexibility index (Phi) is 5.09. The van der Waals surface area contributed by atoms with Gasteiger partial charge in [0, 0.05) is 38.3 Å². The maximum Gasteiger partial charge on any atom is 0.268 e. The molecule has 0 aliphatic carbocycles. The van der Waals surface area contributed by atoms with E-state index in [4.69, 9.17) is 10.5 Å². The number of nitrogens with zero attached hydrogens (tertiary/aromatic N) is 3. The van der Waals surface area contributed by atoms with Crippen LogP contribution in [0, 0.1) is 0 Å². The summed E-state index contributed by atoms with van der Waals surface area (Å²) in [6, 6.07) is 10.6. The molecule has 4 rings (SSSR count). The Balaban J connectivity index is 1.76. The van der Waals surface area contributed by atoms with Crippen molar-refractivity contribution in [1.82, 2.24) is 8.96 Å². The highest BCUT2D eigenvalue weighted by molar-refractivity contribution is 7.90. The van der Waals surface area contributed by atoms with Crippen molar-refractivity contribution >= 4 is 26.7 Å². The van der Waals surface area contributed by atoms with Gasteiger partial charge in [-0.15, -0.1) is 0 Å². The maximum absolute atomic E-state index is 13.4. The SMILES string of the molecule is CO[C@@H]1CCN(c2cccc(S(=O)(=O)n3cc(CCN)c4ncccc43)c2)C1. The average Bonchev–Trinajstić information content (AvgIpc) is 3.34. The number of methoxy groups -OCH3 is 1. The molecule has 1 fully saturated rings. The monoisotopic (exact) mass is 400 g/mol. The molecule has 2 aromatic heterocycles. The van der Waals surface area contributed by atoms with Gasteiger partial charge in [0.1, 0.15) is 0 Å². The van der Waals surface area contributed by atoms with Gasteiger partial charge in [-0.25, -0.2) is 12.4 Å². The first kappa shape index (κ1) is 18.9. The molecule has 3 aromatic rings. The molecule has 0 radical (unpaired) electrons. The van der Waals surface area contributed by atoms with Crippen molar-refractivity contribution in [3.63, 3.8) is 0 Å². The molecule has 0 unspecified atom stereocenters. The molecule has 0 amide bonds. The topological polar surface area (TPSA) is 90.5 Å². The summed E-state index contributed by atoms with van der Waals surface area (Å²) >= 11 is 0. The highest BCUT2D eigenvalue weighted by Crippen LogP contribution is 2.28. The van der Waals surface area contributed by atoms with Gasteiger partial charge in [-0.3, -0.25) is 4.98 Å². The Morgan fingerprint density at radius 3 is 2.89 bits per heavy atom. The molecule has 7 nitrogen and oxygen atoms in total. The van der Waals surface area contributed by atoms with Gasteiger partial charge < -0.3 is 15.4 Å². The van der Waals surface area contributed by atoms with E-state index >= 15 is 0 Å². The van der Waals surface area contributed by atoms with Crippen LogP contribution in [0.5, 0.6) is 0 Å². The van der Waals surface area contributed by atoms with E-state index in [0.29, 0.717) is 24.0 Å². The van der Waals surface area contributed by atoms with Crippen LogP contribution in [0.25, 0.3) is 11.0 Å². The molecule has 8 heteroatoms. The summed E-state index contributed by atoms with van der Waals surface area (Å²) in [5, 5.41) is 0. The zero-order valence-electron chi connectivity index (χ0n) is 15.8. The number of aromatic nitrogens is 2. The molecule has 148 valence electrons. The standard InChI is InChI=1S/C20H24N4O3S/c1-27-17-8-11-23(14-17)16-4-2-5-18(12-16)28(25,26)24-13-15(7-9-21)20-19(24)6-3-10-22-20/h2-6,10,12-13,17H,7-9,11,14,21H2,1H3/t17-/m1/s1. The molecule has 1 aliphatic rings. The highest BCUT2D eigenvalue weighted by atomic mass is 32.2. The van der Waals surface area contributed by atoms with Gasteiger partial charge >= 0.3 is 0 Å². The number of benzene rings is 1. The number of fused-ring (bicyclic) bond motifs is 1. The molecule has 0 spiro atoms. The van der Waals surface area contributed by atoms with E-state index in [2.05, 4.69) is 9.88 Å². The quantitative estimate of drug-likeness (QED) is 0.681. The maximum atomic E-state index is 13.4. The van der Waals surface area contributed by atoms with Gasteiger partial charge in [0.05, 0.1) is 22.0 Å². The molecule has 1 aromatic carbocycles. The van der Waals surface area contributed by atoms with E-state index in [1.165, 1.54) is 3.97 Å². The number of hydrogen-bond donors (Lipinski definition) is 1. The fourth-order valence-corrected chi connectivity index (χ4v) is 5.16. The number of hydrogen-bond acceptors (Lipinski definition) is 6. The number of anilines is 1. The summed E-state index contributed by atoms with van der Waals surface area (Å²) in [5.41, 5.74) is 8.65. The molecule has 1 saturated heterocycles. The van der Waals surface area contributed by atoms with Crippen molar-refractivity contribution < 1.29 is 13.2 Å². The first-order valence-corrected chi connectivity index (χ1v) is 10.8. The molecule has 0 saturated carbocycles. The summed E-state index contributed by atoms with van der Waals surface area (Å²) in [5.74, 6) is 0. The van der Waals surface area contributed by atoms with Crippen LogP contribution in [0.3, 0.4) is 0 Å². The number of nitrogens with two attached hydrogens (primary N) is 1. The Morgan fingerprint density at radius 2 is 2.14 bits per heavy atom. The second-order valence-corrected chi connectivity index (χ2v) is 8.77. The van der Waals surface area contributed by atoms with Gasteiger partial charge in [-0.1, -0.05) is 6.07 Å². The van der Waals surface area contributed by atoms with Crippen molar-refractivity contribution in [2.45, 2.75) is 23.8 Å². The van der Waals surface area contributed by atoms with Crippen LogP contribution in [-0.2, 0) is 21.2 Å². The zero-order chi connectivity index (χ0) is 19.7. The Bertz CT molecular complexity index is 1090. The van der Waals surface area contributed by atoms with E-state index < -0.39 is 10.0 Å². The Labute approximate surface area is 164 Å². The number of pyridine rings is 1. The van der Waals surface area contributed by atoms with Crippen molar-refractivity contribution in [2.24, 2.45) is 5.73 Å². The number of rotatable bonds is 6. The minimum absolute atomic E-state index is 0.179. The minimum Gasteiger partial charge on any atom is -0.380 e. The van der Waals surface area contributed by atoms with Crippen LogP contribution in [-0.4, -0.2) is 50.2 Å². The van der Waals surface area contributed by atoms with Crippen LogP contribution in [0.4, 0.5) is 5.69 Å². The fourth-order valence-electron chi connectivity index (χ4n) is 3.74. The third kappa shape index (κ3) is 3.28. The lowest BCUT2D eigenvalue weighted by atomic mass is 10.2. The predicted octanol–water partition coefficient (Wildman–Crippen LogP) is 2.00. The molecule has 3 heterocycles. The fraction of sp³-hybridized carbons (Fsp3) is 0.350. The highest BCUT2D eigenvalue weighted by Gasteiger charge is 2.25. The second-order valence-electron chi connectivity index (χ2n) is 6.95. The minimum atomic E-state index is -3.76. The molecule has 28 heavy (non-hydrogen) atoms. The van der Waals surface area contributed by atoms with E-state index in [1.807, 2.05) is 6.07 Å². The first-order valence-electron chi connectivity index (χ1n) is 9.33. The normalized spacial score (nSPS) is 17.5. The van der Waals surface area contributed by atoms with Gasteiger partial charge in [0.2, 0.25) is 0 Å². The van der Waals surface area contributed by atoms with Gasteiger partial charge in [-0.05, 0) is 55.3 Å². The summed E-state index contributed by atoms with van der Waals surface area (Å²) in [6.07, 6.45) is 4.99. The van der Waals surface area contributed by atoms with Crippen molar-refractivity contribution in [3.8, 4) is 0 Å². The Hall–Kier alpha value is -2.42. The average molecular weight is 401 g/mol. The number of ether oxygens (including phenoxy) is 1. The van der Waals surface area contributed by atoms with Gasteiger partial charge in [-0.2, -0.15) is 0 Å². The van der Waals surface area contributed by atoms with E-state index in [0.717, 1.165) is 30.8 Å².